The molecule has 1 amide bonds. The maximum atomic E-state index is 13.3. The van der Waals surface area contributed by atoms with E-state index in [0.717, 1.165) is 18.4 Å². The second kappa shape index (κ2) is 10.2. The molecule has 2 aromatic carbocycles. The lowest BCUT2D eigenvalue weighted by atomic mass is 10.1. The Morgan fingerprint density at radius 1 is 1.24 bits per heavy atom. The third-order valence-electron chi connectivity index (χ3n) is 5.42. The molecule has 0 unspecified atom stereocenters. The van der Waals surface area contributed by atoms with Gasteiger partial charge in [0.1, 0.15) is 0 Å². The van der Waals surface area contributed by atoms with Crippen LogP contribution < -0.4 is 10.9 Å². The molecule has 4 rings (SSSR count). The van der Waals surface area contributed by atoms with Crippen LogP contribution in [-0.4, -0.2) is 47.0 Å². The van der Waals surface area contributed by atoms with Gasteiger partial charge in [-0.05, 0) is 50.1 Å². The van der Waals surface area contributed by atoms with E-state index in [-0.39, 0.29) is 23.3 Å². The van der Waals surface area contributed by atoms with Crippen molar-refractivity contribution in [3.63, 3.8) is 0 Å². The summed E-state index contributed by atoms with van der Waals surface area (Å²) in [5, 5.41) is 3.66. The molecule has 1 aliphatic heterocycles. The third kappa shape index (κ3) is 5.43. The molecular formula is C24H25N3O5S. The van der Waals surface area contributed by atoms with E-state index in [0.29, 0.717) is 40.5 Å². The van der Waals surface area contributed by atoms with Crippen molar-refractivity contribution in [2.75, 3.05) is 24.8 Å². The molecule has 1 fully saturated rings. The van der Waals surface area contributed by atoms with E-state index in [4.69, 9.17) is 9.47 Å². The van der Waals surface area contributed by atoms with Gasteiger partial charge in [0.25, 0.3) is 5.56 Å². The van der Waals surface area contributed by atoms with Crippen LogP contribution in [-0.2, 0) is 20.8 Å². The van der Waals surface area contributed by atoms with Crippen molar-refractivity contribution in [1.82, 2.24) is 9.55 Å². The second-order valence-electron chi connectivity index (χ2n) is 7.87. The van der Waals surface area contributed by atoms with E-state index in [1.54, 1.807) is 16.7 Å². The normalized spacial score (nSPS) is 15.5. The van der Waals surface area contributed by atoms with Crippen molar-refractivity contribution in [3.05, 3.63) is 63.9 Å². The molecule has 1 aliphatic rings. The van der Waals surface area contributed by atoms with Gasteiger partial charge in [0.15, 0.2) is 5.16 Å². The van der Waals surface area contributed by atoms with Crippen LogP contribution in [0.25, 0.3) is 10.9 Å². The zero-order valence-electron chi connectivity index (χ0n) is 18.5. The van der Waals surface area contributed by atoms with Gasteiger partial charge in [-0.25, -0.2) is 9.78 Å². The highest BCUT2D eigenvalue weighted by molar-refractivity contribution is 7.99. The van der Waals surface area contributed by atoms with Gasteiger partial charge in [-0.1, -0.05) is 29.5 Å². The number of aromatic nitrogens is 2. The topological polar surface area (TPSA) is 99.5 Å². The predicted octanol–water partition coefficient (Wildman–Crippen LogP) is 3.40. The average Bonchev–Trinajstić information content (AvgIpc) is 3.33. The number of hydrogen-bond donors (Lipinski definition) is 1. The molecule has 33 heavy (non-hydrogen) atoms. The van der Waals surface area contributed by atoms with Gasteiger partial charge in [-0.3, -0.25) is 14.2 Å². The molecule has 0 radical (unpaired) electrons. The number of nitrogens with one attached hydrogen (secondary N) is 1. The van der Waals surface area contributed by atoms with Gasteiger partial charge in [-0.2, -0.15) is 0 Å². The van der Waals surface area contributed by atoms with Gasteiger partial charge in [0.05, 0.1) is 42.0 Å². The lowest BCUT2D eigenvalue weighted by Crippen LogP contribution is -2.29. The molecule has 1 aromatic heterocycles. The number of esters is 1. The van der Waals surface area contributed by atoms with Gasteiger partial charge < -0.3 is 14.8 Å². The van der Waals surface area contributed by atoms with E-state index >= 15 is 0 Å². The minimum Gasteiger partial charge on any atom is -0.465 e. The van der Waals surface area contributed by atoms with Crippen molar-refractivity contribution in [2.24, 2.45) is 0 Å². The molecule has 0 aliphatic carbocycles. The highest BCUT2D eigenvalue weighted by Crippen LogP contribution is 2.22. The number of rotatable bonds is 7. The number of nitrogens with zero attached hydrogens (tertiary/aromatic N) is 2. The fourth-order valence-corrected chi connectivity index (χ4v) is 4.48. The molecule has 0 spiro atoms. The first-order chi connectivity index (χ1) is 15.9. The summed E-state index contributed by atoms with van der Waals surface area (Å²) in [6.45, 7) is 3.01. The smallest absolute Gasteiger partial charge is 0.337 e. The first-order valence-corrected chi connectivity index (χ1v) is 11.7. The van der Waals surface area contributed by atoms with E-state index in [1.165, 1.54) is 24.9 Å². The number of carbonyl (C=O) groups excluding carboxylic acids is 2. The van der Waals surface area contributed by atoms with Gasteiger partial charge >= 0.3 is 5.97 Å². The minimum atomic E-state index is -0.506. The quantitative estimate of drug-likeness (QED) is 0.323. The fourth-order valence-electron chi connectivity index (χ4n) is 3.67. The fraction of sp³-hybridized carbons (Fsp3) is 0.333. The molecule has 1 N–H and O–H groups in total. The monoisotopic (exact) mass is 467 g/mol. The Kier molecular flexibility index (Phi) is 7.10. The Hall–Kier alpha value is -3.17. The second-order valence-corrected chi connectivity index (χ2v) is 8.81. The number of hydrogen-bond acceptors (Lipinski definition) is 7. The predicted molar refractivity (Wildman–Crippen MR) is 127 cm³/mol. The van der Waals surface area contributed by atoms with E-state index in [9.17, 15) is 14.4 Å². The summed E-state index contributed by atoms with van der Waals surface area (Å²) in [4.78, 5) is 42.4. The Labute approximate surface area is 195 Å². The number of ether oxygens (including phenoxy) is 2. The number of benzene rings is 2. The molecule has 2 heterocycles. The highest BCUT2D eigenvalue weighted by atomic mass is 32.2. The van der Waals surface area contributed by atoms with E-state index in [1.807, 2.05) is 31.2 Å². The van der Waals surface area contributed by atoms with Crippen molar-refractivity contribution in [1.29, 1.82) is 0 Å². The van der Waals surface area contributed by atoms with Crippen LogP contribution >= 0.6 is 11.8 Å². The van der Waals surface area contributed by atoms with E-state index < -0.39 is 5.97 Å². The number of carbonyl (C=O) groups is 2. The van der Waals surface area contributed by atoms with Crippen LogP contribution in [0.2, 0.25) is 0 Å². The molecule has 172 valence electrons. The largest absolute Gasteiger partial charge is 0.465 e. The van der Waals surface area contributed by atoms with Crippen LogP contribution in [0.3, 0.4) is 0 Å². The number of anilines is 1. The number of aryl methyl sites for hydroxylation is 1. The van der Waals surface area contributed by atoms with Crippen molar-refractivity contribution >= 4 is 40.2 Å². The van der Waals surface area contributed by atoms with Crippen LogP contribution in [0, 0.1) is 6.92 Å². The zero-order chi connectivity index (χ0) is 23.4. The molecule has 1 saturated heterocycles. The average molecular weight is 468 g/mol. The van der Waals surface area contributed by atoms with E-state index in [2.05, 4.69) is 10.3 Å². The number of thioether (sulfide) groups is 1. The van der Waals surface area contributed by atoms with Crippen molar-refractivity contribution < 1.29 is 19.1 Å². The summed E-state index contributed by atoms with van der Waals surface area (Å²) in [7, 11) is 1.30. The summed E-state index contributed by atoms with van der Waals surface area (Å²) in [6.07, 6.45) is 1.74. The molecule has 0 saturated carbocycles. The van der Waals surface area contributed by atoms with Crippen LogP contribution in [0.1, 0.15) is 28.8 Å². The summed E-state index contributed by atoms with van der Waals surface area (Å²) < 4.78 is 12.1. The van der Waals surface area contributed by atoms with Gasteiger partial charge in [-0.15, -0.1) is 0 Å². The minimum absolute atomic E-state index is 0.0722. The summed E-state index contributed by atoms with van der Waals surface area (Å²) >= 11 is 1.18. The molecule has 3 aromatic rings. The zero-order valence-corrected chi connectivity index (χ0v) is 19.3. The Balaban J connectivity index is 1.62. The molecule has 9 heteroatoms. The summed E-state index contributed by atoms with van der Waals surface area (Å²) in [5.41, 5.74) is 2.27. The standard InChI is InChI=1S/C24H25N3O5S/c1-15-5-8-17(9-6-15)25-21(28)14-33-24-26-20-12-16(23(30)31-2)7-10-19(20)22(29)27(24)13-18-4-3-11-32-18/h5-10,12,18H,3-4,11,13-14H2,1-2H3,(H,25,28)/t18-/m0/s1. The summed E-state index contributed by atoms with van der Waals surface area (Å²) in [6, 6.07) is 12.2. The molecule has 8 nitrogen and oxygen atoms in total. The van der Waals surface area contributed by atoms with Crippen LogP contribution in [0.15, 0.2) is 52.4 Å². The molecular weight excluding hydrogens is 442 g/mol. The third-order valence-corrected chi connectivity index (χ3v) is 6.40. The molecule has 0 bridgehead atoms. The first kappa shape index (κ1) is 23.0. The number of fused-ring (bicyclic) bond motifs is 1. The lowest BCUT2D eigenvalue weighted by molar-refractivity contribution is -0.113. The number of amides is 1. The Bertz CT molecular complexity index is 1230. The van der Waals surface area contributed by atoms with Crippen molar-refractivity contribution in [3.8, 4) is 0 Å². The van der Waals surface area contributed by atoms with Crippen LogP contribution in [0.5, 0.6) is 0 Å². The highest BCUT2D eigenvalue weighted by Gasteiger charge is 2.21. The van der Waals surface area contributed by atoms with Gasteiger partial charge in [0.2, 0.25) is 5.91 Å². The van der Waals surface area contributed by atoms with Gasteiger partial charge in [0, 0.05) is 12.3 Å². The molecule has 1 atom stereocenters. The SMILES string of the molecule is COC(=O)c1ccc2c(=O)n(C[C@@H]3CCCO3)c(SCC(=O)Nc3ccc(C)cc3)nc2c1. The Morgan fingerprint density at radius 2 is 2.03 bits per heavy atom. The van der Waals surface area contributed by atoms with Crippen molar-refractivity contribution in [2.45, 2.75) is 37.6 Å². The maximum absolute atomic E-state index is 13.3. The summed E-state index contributed by atoms with van der Waals surface area (Å²) in [5.74, 6) is -0.632. The number of methoxy groups -OCH3 is 1. The van der Waals surface area contributed by atoms with Crippen LogP contribution in [0.4, 0.5) is 5.69 Å². The maximum Gasteiger partial charge on any atom is 0.337 e. The first-order valence-electron chi connectivity index (χ1n) is 10.7. The lowest BCUT2D eigenvalue weighted by Gasteiger charge is -2.16. The Morgan fingerprint density at radius 3 is 2.73 bits per heavy atom.